The first-order valence-corrected chi connectivity index (χ1v) is 5.57. The van der Waals surface area contributed by atoms with E-state index in [1.54, 1.807) is 14.2 Å². The fraction of sp³-hybridized carbons (Fsp3) is 0.500. The Labute approximate surface area is 101 Å². The van der Waals surface area contributed by atoms with Gasteiger partial charge in [-0.1, -0.05) is 11.6 Å². The maximum atomic E-state index is 10.0. The summed E-state index contributed by atoms with van der Waals surface area (Å²) in [6.45, 7) is 4.34. The monoisotopic (exact) mass is 243 g/mol. The maximum absolute atomic E-state index is 10.0. The normalized spacial score (nSPS) is 12.6. The third-order valence-electron chi connectivity index (χ3n) is 2.67. The number of methoxy groups -OCH3 is 1. The molecule has 90 valence electrons. The Balaban J connectivity index is 3.24. The van der Waals surface area contributed by atoms with E-state index in [0.29, 0.717) is 17.3 Å². The van der Waals surface area contributed by atoms with Gasteiger partial charge in [-0.25, -0.2) is 0 Å². The zero-order valence-electron chi connectivity index (χ0n) is 10.1. The van der Waals surface area contributed by atoms with E-state index in [9.17, 15) is 5.11 Å². The van der Waals surface area contributed by atoms with E-state index in [-0.39, 0.29) is 0 Å². The predicted molar refractivity (Wildman–Crippen MR) is 66.4 cm³/mol. The van der Waals surface area contributed by atoms with Crippen molar-refractivity contribution in [3.8, 4) is 5.75 Å². The smallest absolute Gasteiger partial charge is 0.138 e. The minimum Gasteiger partial charge on any atom is -0.495 e. The molecular weight excluding hydrogens is 226 g/mol. The van der Waals surface area contributed by atoms with E-state index in [4.69, 9.17) is 16.3 Å². The molecule has 0 aliphatic heterocycles. The van der Waals surface area contributed by atoms with Gasteiger partial charge in [0.05, 0.1) is 18.2 Å². The average Bonchev–Trinajstić information content (AvgIpc) is 2.24. The molecule has 1 rings (SSSR count). The van der Waals surface area contributed by atoms with Crippen molar-refractivity contribution in [3.63, 3.8) is 0 Å². The fourth-order valence-electron chi connectivity index (χ4n) is 1.89. The standard InChI is InChI=1S/C12H18ClNO2/c1-7-5-10(16-4)12(13)8(2)11(7)9(15)6-14-3/h5,9,14-15H,6H2,1-4H3. The van der Waals surface area contributed by atoms with Gasteiger partial charge in [-0.3, -0.25) is 0 Å². The van der Waals surface area contributed by atoms with E-state index >= 15 is 0 Å². The summed E-state index contributed by atoms with van der Waals surface area (Å²) in [4.78, 5) is 0. The second-order valence-corrected chi connectivity index (χ2v) is 4.20. The predicted octanol–water partition coefficient (Wildman–Crippen LogP) is 2.22. The minimum atomic E-state index is -0.548. The fourth-order valence-corrected chi connectivity index (χ4v) is 2.13. The van der Waals surface area contributed by atoms with E-state index < -0.39 is 6.10 Å². The van der Waals surface area contributed by atoms with E-state index in [1.807, 2.05) is 19.9 Å². The Bertz CT molecular complexity index is 380. The van der Waals surface area contributed by atoms with Crippen molar-refractivity contribution in [1.29, 1.82) is 0 Å². The molecule has 3 nitrogen and oxygen atoms in total. The first-order chi connectivity index (χ1) is 7.52. The van der Waals surface area contributed by atoms with Crippen LogP contribution in [0.2, 0.25) is 5.02 Å². The van der Waals surface area contributed by atoms with Gasteiger partial charge in [0, 0.05) is 6.54 Å². The summed E-state index contributed by atoms with van der Waals surface area (Å²) in [7, 11) is 3.39. The Kier molecular flexibility index (Phi) is 4.59. The van der Waals surface area contributed by atoms with Crippen molar-refractivity contribution >= 4 is 11.6 Å². The number of likely N-dealkylation sites (N-methyl/N-ethyl adjacent to an activating group) is 1. The highest BCUT2D eigenvalue weighted by molar-refractivity contribution is 6.33. The molecule has 2 N–H and O–H groups in total. The van der Waals surface area contributed by atoms with Crippen molar-refractivity contribution in [1.82, 2.24) is 5.32 Å². The van der Waals surface area contributed by atoms with Gasteiger partial charge in [0.25, 0.3) is 0 Å². The van der Waals surface area contributed by atoms with Gasteiger partial charge in [-0.2, -0.15) is 0 Å². The van der Waals surface area contributed by atoms with Crippen LogP contribution in [-0.2, 0) is 0 Å². The number of hydrogen-bond acceptors (Lipinski definition) is 3. The second kappa shape index (κ2) is 5.53. The average molecular weight is 244 g/mol. The third kappa shape index (κ3) is 2.48. The number of benzene rings is 1. The SMILES string of the molecule is CNCC(O)c1c(C)cc(OC)c(Cl)c1C. The number of ether oxygens (including phenoxy) is 1. The lowest BCUT2D eigenvalue weighted by molar-refractivity contribution is 0.176. The van der Waals surface area contributed by atoms with Crippen LogP contribution in [-0.4, -0.2) is 25.8 Å². The molecule has 0 aliphatic rings. The van der Waals surface area contributed by atoms with E-state index in [1.165, 1.54) is 0 Å². The largest absolute Gasteiger partial charge is 0.495 e. The van der Waals surface area contributed by atoms with Gasteiger partial charge >= 0.3 is 0 Å². The summed E-state index contributed by atoms with van der Waals surface area (Å²) in [5, 5.41) is 13.5. The molecule has 0 bridgehead atoms. The Morgan fingerprint density at radius 1 is 1.50 bits per heavy atom. The zero-order chi connectivity index (χ0) is 12.3. The van der Waals surface area contributed by atoms with E-state index in [0.717, 1.165) is 16.7 Å². The number of halogens is 1. The molecule has 0 spiro atoms. The van der Waals surface area contributed by atoms with Crippen LogP contribution in [0.5, 0.6) is 5.75 Å². The first-order valence-electron chi connectivity index (χ1n) is 5.19. The molecule has 0 saturated carbocycles. The van der Waals surface area contributed by atoms with Gasteiger partial charge in [0.2, 0.25) is 0 Å². The summed E-state index contributed by atoms with van der Waals surface area (Å²) in [6.07, 6.45) is -0.548. The first kappa shape index (κ1) is 13.3. The number of aliphatic hydroxyl groups is 1. The van der Waals surface area contributed by atoms with Gasteiger partial charge in [-0.15, -0.1) is 0 Å². The van der Waals surface area contributed by atoms with Crippen molar-refractivity contribution in [2.24, 2.45) is 0 Å². The number of nitrogens with one attached hydrogen (secondary N) is 1. The number of rotatable bonds is 4. The summed E-state index contributed by atoms with van der Waals surface area (Å²) in [6, 6.07) is 1.85. The van der Waals surface area contributed by atoms with Crippen molar-refractivity contribution in [2.45, 2.75) is 20.0 Å². The summed E-state index contributed by atoms with van der Waals surface area (Å²) >= 11 is 6.16. The van der Waals surface area contributed by atoms with Crippen LogP contribution in [0.25, 0.3) is 0 Å². The zero-order valence-corrected chi connectivity index (χ0v) is 10.9. The quantitative estimate of drug-likeness (QED) is 0.852. The molecule has 1 atom stereocenters. The summed E-state index contributed by atoms with van der Waals surface area (Å²) in [5.74, 6) is 0.650. The van der Waals surface area contributed by atoms with Crippen LogP contribution >= 0.6 is 11.6 Å². The highest BCUT2D eigenvalue weighted by atomic mass is 35.5. The van der Waals surface area contributed by atoms with Crippen LogP contribution in [0, 0.1) is 13.8 Å². The molecule has 16 heavy (non-hydrogen) atoms. The van der Waals surface area contributed by atoms with Crippen molar-refractivity contribution in [3.05, 3.63) is 27.8 Å². The van der Waals surface area contributed by atoms with Gasteiger partial charge in [0.1, 0.15) is 5.75 Å². The van der Waals surface area contributed by atoms with Gasteiger partial charge in [-0.05, 0) is 43.7 Å². The number of hydrogen-bond donors (Lipinski definition) is 2. The molecule has 1 unspecified atom stereocenters. The molecular formula is C12H18ClNO2. The number of aryl methyl sites for hydroxylation is 1. The van der Waals surface area contributed by atoms with Crippen LogP contribution < -0.4 is 10.1 Å². The molecule has 0 fully saturated rings. The lowest BCUT2D eigenvalue weighted by Crippen LogP contribution is -2.18. The van der Waals surface area contributed by atoms with Crippen molar-refractivity contribution in [2.75, 3.05) is 20.7 Å². The molecule has 0 aliphatic carbocycles. The highest BCUT2D eigenvalue weighted by Crippen LogP contribution is 2.35. The molecule has 0 amide bonds. The third-order valence-corrected chi connectivity index (χ3v) is 3.14. The van der Waals surface area contributed by atoms with Crippen LogP contribution in [0.1, 0.15) is 22.8 Å². The molecule has 0 heterocycles. The Morgan fingerprint density at radius 3 is 2.62 bits per heavy atom. The van der Waals surface area contributed by atoms with Crippen LogP contribution in [0.4, 0.5) is 0 Å². The Hall–Kier alpha value is -0.770. The van der Waals surface area contributed by atoms with Crippen LogP contribution in [0.15, 0.2) is 6.07 Å². The lowest BCUT2D eigenvalue weighted by Gasteiger charge is -2.19. The molecule has 1 aromatic carbocycles. The molecule has 0 saturated heterocycles. The van der Waals surface area contributed by atoms with E-state index in [2.05, 4.69) is 5.32 Å². The minimum absolute atomic E-state index is 0.504. The van der Waals surface area contributed by atoms with Gasteiger partial charge < -0.3 is 15.2 Å². The molecule has 4 heteroatoms. The summed E-state index contributed by atoms with van der Waals surface area (Å²) in [5.41, 5.74) is 2.74. The summed E-state index contributed by atoms with van der Waals surface area (Å²) < 4.78 is 5.17. The maximum Gasteiger partial charge on any atom is 0.138 e. The Morgan fingerprint density at radius 2 is 2.12 bits per heavy atom. The van der Waals surface area contributed by atoms with Gasteiger partial charge in [0.15, 0.2) is 0 Å². The molecule has 0 radical (unpaired) electrons. The molecule has 1 aromatic rings. The second-order valence-electron chi connectivity index (χ2n) is 3.82. The topological polar surface area (TPSA) is 41.5 Å². The highest BCUT2D eigenvalue weighted by Gasteiger charge is 2.17. The van der Waals surface area contributed by atoms with Crippen LogP contribution in [0.3, 0.4) is 0 Å². The number of aliphatic hydroxyl groups excluding tert-OH is 1. The molecule has 0 aromatic heterocycles. The lowest BCUT2D eigenvalue weighted by atomic mass is 9.97. The van der Waals surface area contributed by atoms with Crippen molar-refractivity contribution < 1.29 is 9.84 Å².